The Hall–Kier alpha value is -1.00. The Labute approximate surface area is 103 Å². The summed E-state index contributed by atoms with van der Waals surface area (Å²) in [5.74, 6) is 0. The third kappa shape index (κ3) is 3.01. The molecule has 0 aromatic carbocycles. The summed E-state index contributed by atoms with van der Waals surface area (Å²) in [6.45, 7) is 7.01. The van der Waals surface area contributed by atoms with Crippen LogP contribution in [0.1, 0.15) is 44.1 Å². The van der Waals surface area contributed by atoms with Gasteiger partial charge in [0.05, 0.1) is 17.5 Å². The molecule has 1 saturated carbocycles. The summed E-state index contributed by atoms with van der Waals surface area (Å²) in [6.07, 6.45) is 6.16. The van der Waals surface area contributed by atoms with Gasteiger partial charge in [-0.05, 0) is 33.6 Å². The fourth-order valence-electron chi connectivity index (χ4n) is 2.35. The van der Waals surface area contributed by atoms with Crippen molar-refractivity contribution in [2.75, 3.05) is 6.61 Å². The number of hydrogen-bond donors (Lipinski definition) is 1. The van der Waals surface area contributed by atoms with E-state index < -0.39 is 0 Å². The van der Waals surface area contributed by atoms with E-state index in [4.69, 9.17) is 4.74 Å². The number of rotatable bonds is 5. The number of nitrogens with one attached hydrogen (secondary N) is 1. The molecule has 1 heterocycles. The fraction of sp³-hybridized carbons (Fsp3) is 0.692. The van der Waals surface area contributed by atoms with Crippen LogP contribution in [0.4, 0.5) is 0 Å². The zero-order valence-electron chi connectivity index (χ0n) is 10.8. The van der Waals surface area contributed by atoms with E-state index in [2.05, 4.69) is 22.2 Å². The molecule has 0 amide bonds. The van der Waals surface area contributed by atoms with Crippen LogP contribution in [0.2, 0.25) is 0 Å². The van der Waals surface area contributed by atoms with Crippen molar-refractivity contribution in [2.45, 2.75) is 51.8 Å². The van der Waals surface area contributed by atoms with Crippen LogP contribution in [-0.2, 0) is 4.74 Å². The van der Waals surface area contributed by atoms with Gasteiger partial charge in [0, 0.05) is 31.1 Å². The van der Waals surface area contributed by atoms with Gasteiger partial charge in [-0.15, -0.1) is 0 Å². The van der Waals surface area contributed by atoms with Gasteiger partial charge in [0.1, 0.15) is 0 Å². The minimum Gasteiger partial charge on any atom is -0.378 e. The Kier molecular flexibility index (Phi) is 4.07. The van der Waals surface area contributed by atoms with Crippen LogP contribution >= 0.6 is 0 Å². The van der Waals surface area contributed by atoms with Crippen molar-refractivity contribution in [2.24, 2.45) is 0 Å². The molecule has 1 atom stereocenters. The predicted molar refractivity (Wildman–Crippen MR) is 66.8 cm³/mol. The lowest BCUT2D eigenvalue weighted by molar-refractivity contribution is -0.0121. The van der Waals surface area contributed by atoms with Crippen molar-refractivity contribution in [3.63, 3.8) is 0 Å². The first-order valence-electron chi connectivity index (χ1n) is 6.35. The number of aromatic nitrogens is 2. The smallest absolute Gasteiger partial charge is 0.0782 e. The maximum absolute atomic E-state index is 5.55. The molecular formula is C13H21N3O. The van der Waals surface area contributed by atoms with Crippen LogP contribution in [0.5, 0.6) is 0 Å². The molecule has 94 valence electrons. The zero-order valence-corrected chi connectivity index (χ0v) is 10.8. The molecule has 0 saturated heterocycles. The lowest BCUT2D eigenvalue weighted by Gasteiger charge is -2.37. The van der Waals surface area contributed by atoms with Crippen molar-refractivity contribution in [1.29, 1.82) is 0 Å². The van der Waals surface area contributed by atoms with E-state index in [1.54, 1.807) is 12.4 Å². The van der Waals surface area contributed by atoms with Gasteiger partial charge in [0.2, 0.25) is 0 Å². The van der Waals surface area contributed by atoms with Gasteiger partial charge in [0.15, 0.2) is 0 Å². The number of hydrogen-bond acceptors (Lipinski definition) is 4. The van der Waals surface area contributed by atoms with Crippen LogP contribution in [0.15, 0.2) is 12.4 Å². The molecule has 0 aliphatic heterocycles. The highest BCUT2D eigenvalue weighted by atomic mass is 16.5. The molecule has 1 unspecified atom stereocenters. The van der Waals surface area contributed by atoms with Gasteiger partial charge in [0.25, 0.3) is 0 Å². The van der Waals surface area contributed by atoms with Crippen LogP contribution < -0.4 is 5.32 Å². The minimum atomic E-state index is 0.260. The SMILES string of the molecule is CCOC1CC(NC(C)c2nccnc2C)C1. The van der Waals surface area contributed by atoms with Crippen LogP contribution in [0.3, 0.4) is 0 Å². The lowest BCUT2D eigenvalue weighted by Crippen LogP contribution is -2.46. The molecule has 0 bridgehead atoms. The summed E-state index contributed by atoms with van der Waals surface area (Å²) in [7, 11) is 0. The summed E-state index contributed by atoms with van der Waals surface area (Å²) < 4.78 is 5.55. The van der Waals surface area contributed by atoms with E-state index in [0.29, 0.717) is 12.1 Å². The maximum atomic E-state index is 5.55. The summed E-state index contributed by atoms with van der Waals surface area (Å²) in [4.78, 5) is 8.66. The highest BCUT2D eigenvalue weighted by molar-refractivity contribution is 5.13. The quantitative estimate of drug-likeness (QED) is 0.848. The molecule has 0 radical (unpaired) electrons. The second-order valence-corrected chi connectivity index (χ2v) is 4.66. The van der Waals surface area contributed by atoms with Crippen molar-refractivity contribution in [1.82, 2.24) is 15.3 Å². The average molecular weight is 235 g/mol. The minimum absolute atomic E-state index is 0.260. The number of nitrogens with zero attached hydrogens (tertiary/aromatic N) is 2. The molecule has 1 aliphatic rings. The Morgan fingerprint density at radius 3 is 2.76 bits per heavy atom. The second kappa shape index (κ2) is 5.56. The Bertz CT molecular complexity index is 363. The molecule has 1 aliphatic carbocycles. The molecule has 4 heteroatoms. The van der Waals surface area contributed by atoms with Gasteiger partial charge < -0.3 is 10.1 Å². The first-order chi connectivity index (χ1) is 8.20. The molecule has 2 rings (SSSR count). The van der Waals surface area contributed by atoms with E-state index in [-0.39, 0.29) is 6.04 Å². The van der Waals surface area contributed by atoms with E-state index in [9.17, 15) is 0 Å². The van der Waals surface area contributed by atoms with Crippen LogP contribution in [0.25, 0.3) is 0 Å². The largest absolute Gasteiger partial charge is 0.378 e. The van der Waals surface area contributed by atoms with E-state index in [0.717, 1.165) is 30.8 Å². The lowest BCUT2D eigenvalue weighted by atomic mass is 9.88. The van der Waals surface area contributed by atoms with Crippen LogP contribution in [-0.4, -0.2) is 28.7 Å². The Morgan fingerprint density at radius 1 is 1.41 bits per heavy atom. The van der Waals surface area contributed by atoms with Crippen molar-refractivity contribution >= 4 is 0 Å². The molecule has 1 N–H and O–H groups in total. The highest BCUT2D eigenvalue weighted by Gasteiger charge is 2.30. The molecule has 1 aromatic rings. The van der Waals surface area contributed by atoms with Gasteiger partial charge in [-0.25, -0.2) is 0 Å². The van der Waals surface area contributed by atoms with Crippen molar-refractivity contribution in [3.05, 3.63) is 23.8 Å². The molecule has 4 nitrogen and oxygen atoms in total. The van der Waals surface area contributed by atoms with Crippen molar-refractivity contribution in [3.8, 4) is 0 Å². The first-order valence-corrected chi connectivity index (χ1v) is 6.35. The van der Waals surface area contributed by atoms with Gasteiger partial charge in [-0.1, -0.05) is 0 Å². The summed E-state index contributed by atoms with van der Waals surface area (Å²) >= 11 is 0. The predicted octanol–water partition coefficient (Wildman–Crippen LogP) is 2.00. The molecular weight excluding hydrogens is 214 g/mol. The monoisotopic (exact) mass is 235 g/mol. The average Bonchev–Trinajstić information content (AvgIpc) is 2.26. The first kappa shape index (κ1) is 12.5. The molecule has 0 spiro atoms. The highest BCUT2D eigenvalue weighted by Crippen LogP contribution is 2.26. The van der Waals surface area contributed by atoms with E-state index in [1.807, 2.05) is 13.8 Å². The molecule has 1 aromatic heterocycles. The molecule has 17 heavy (non-hydrogen) atoms. The number of ether oxygens (including phenoxy) is 1. The zero-order chi connectivity index (χ0) is 12.3. The third-order valence-corrected chi connectivity index (χ3v) is 3.31. The Balaban J connectivity index is 1.83. The van der Waals surface area contributed by atoms with Crippen LogP contribution in [0, 0.1) is 6.92 Å². The van der Waals surface area contributed by atoms with Crippen molar-refractivity contribution < 1.29 is 4.74 Å². The van der Waals surface area contributed by atoms with E-state index >= 15 is 0 Å². The fourth-order valence-corrected chi connectivity index (χ4v) is 2.35. The summed E-state index contributed by atoms with van der Waals surface area (Å²) in [6, 6.07) is 0.819. The Morgan fingerprint density at radius 2 is 2.12 bits per heavy atom. The summed E-state index contributed by atoms with van der Waals surface area (Å²) in [5.41, 5.74) is 2.06. The third-order valence-electron chi connectivity index (χ3n) is 3.31. The second-order valence-electron chi connectivity index (χ2n) is 4.66. The number of aryl methyl sites for hydroxylation is 1. The van der Waals surface area contributed by atoms with Gasteiger partial charge >= 0.3 is 0 Å². The normalized spacial score (nSPS) is 25.4. The summed E-state index contributed by atoms with van der Waals surface area (Å²) in [5, 5.41) is 3.58. The van der Waals surface area contributed by atoms with Gasteiger partial charge in [-0.2, -0.15) is 0 Å². The molecule has 1 fully saturated rings. The topological polar surface area (TPSA) is 47.0 Å². The van der Waals surface area contributed by atoms with Gasteiger partial charge in [-0.3, -0.25) is 9.97 Å². The maximum Gasteiger partial charge on any atom is 0.0782 e. The van der Waals surface area contributed by atoms with E-state index in [1.165, 1.54) is 0 Å². The standard InChI is InChI=1S/C13H21N3O/c1-4-17-12-7-11(8-12)16-10(3)13-9(2)14-5-6-15-13/h5-6,10-12,16H,4,7-8H2,1-3H3.